The van der Waals surface area contributed by atoms with Gasteiger partial charge in [0, 0.05) is 20.1 Å². The lowest BCUT2D eigenvalue weighted by molar-refractivity contribution is 0.205. The van der Waals surface area contributed by atoms with Gasteiger partial charge in [0.2, 0.25) is 0 Å². The maximum Gasteiger partial charge on any atom is 0.317 e. The van der Waals surface area contributed by atoms with Crippen molar-refractivity contribution in [3.8, 4) is 0 Å². The molecule has 0 aliphatic rings. The normalized spacial score (nSPS) is 9.89. The molecule has 3 nitrogen and oxygen atoms in total. The summed E-state index contributed by atoms with van der Waals surface area (Å²) in [5.41, 5.74) is 1.08. The van der Waals surface area contributed by atoms with E-state index in [0.717, 1.165) is 18.4 Å². The first-order valence-corrected chi connectivity index (χ1v) is 5.99. The SMILES string of the molecule is C=CCN(CCCc1ccc(F)cc1)C(=O)NC. The quantitative estimate of drug-likeness (QED) is 0.773. The minimum Gasteiger partial charge on any atom is -0.341 e. The molecular formula is C14H19FN2O. The number of rotatable bonds is 6. The molecule has 1 aromatic carbocycles. The van der Waals surface area contributed by atoms with Crippen molar-refractivity contribution in [1.82, 2.24) is 10.2 Å². The van der Waals surface area contributed by atoms with Crippen molar-refractivity contribution in [2.24, 2.45) is 0 Å². The fourth-order valence-corrected chi connectivity index (χ4v) is 1.71. The summed E-state index contributed by atoms with van der Waals surface area (Å²) in [7, 11) is 1.61. The summed E-state index contributed by atoms with van der Waals surface area (Å²) in [4.78, 5) is 13.2. The largest absolute Gasteiger partial charge is 0.341 e. The molecule has 0 unspecified atom stereocenters. The van der Waals surface area contributed by atoms with Crippen molar-refractivity contribution in [3.63, 3.8) is 0 Å². The molecule has 0 aliphatic carbocycles. The van der Waals surface area contributed by atoms with E-state index in [4.69, 9.17) is 0 Å². The number of benzene rings is 1. The molecule has 1 aromatic rings. The smallest absolute Gasteiger partial charge is 0.317 e. The zero-order chi connectivity index (χ0) is 13.4. The van der Waals surface area contributed by atoms with Crippen LogP contribution >= 0.6 is 0 Å². The topological polar surface area (TPSA) is 32.3 Å². The highest BCUT2D eigenvalue weighted by Crippen LogP contribution is 2.06. The van der Waals surface area contributed by atoms with Crippen molar-refractivity contribution in [1.29, 1.82) is 0 Å². The van der Waals surface area contributed by atoms with Gasteiger partial charge in [-0.1, -0.05) is 18.2 Å². The molecule has 0 fully saturated rings. The van der Waals surface area contributed by atoms with Crippen LogP contribution in [0.25, 0.3) is 0 Å². The molecule has 1 rings (SSSR count). The molecule has 0 radical (unpaired) electrons. The van der Waals surface area contributed by atoms with Crippen molar-refractivity contribution >= 4 is 6.03 Å². The number of nitrogens with one attached hydrogen (secondary N) is 1. The summed E-state index contributed by atoms with van der Waals surface area (Å²) in [6, 6.07) is 6.35. The van der Waals surface area contributed by atoms with Gasteiger partial charge in [0.05, 0.1) is 0 Å². The highest BCUT2D eigenvalue weighted by atomic mass is 19.1. The molecule has 0 atom stereocenters. The van der Waals surface area contributed by atoms with Crippen LogP contribution in [-0.4, -0.2) is 31.1 Å². The maximum atomic E-state index is 12.7. The number of hydrogen-bond acceptors (Lipinski definition) is 1. The van der Waals surface area contributed by atoms with E-state index in [1.807, 2.05) is 0 Å². The Kier molecular flexibility index (Phi) is 5.91. The number of carbonyl (C=O) groups is 1. The number of halogens is 1. The lowest BCUT2D eigenvalue weighted by Gasteiger charge is -2.20. The molecule has 2 amide bonds. The summed E-state index contributed by atoms with van der Waals surface area (Å²) >= 11 is 0. The molecular weight excluding hydrogens is 231 g/mol. The van der Waals surface area contributed by atoms with E-state index in [2.05, 4.69) is 11.9 Å². The molecule has 0 aliphatic heterocycles. The number of urea groups is 1. The average molecular weight is 250 g/mol. The fourth-order valence-electron chi connectivity index (χ4n) is 1.71. The summed E-state index contributed by atoms with van der Waals surface area (Å²) < 4.78 is 12.7. The summed E-state index contributed by atoms with van der Waals surface area (Å²) in [5.74, 6) is -0.225. The third kappa shape index (κ3) is 4.57. The standard InChI is InChI=1S/C14H19FN2O/c1-3-10-17(14(18)16-2)11-4-5-12-6-8-13(15)9-7-12/h3,6-9H,1,4-5,10-11H2,2H3,(H,16,18). The zero-order valence-electron chi connectivity index (χ0n) is 10.7. The molecule has 0 aromatic heterocycles. The maximum absolute atomic E-state index is 12.7. The van der Waals surface area contributed by atoms with Gasteiger partial charge in [-0.15, -0.1) is 6.58 Å². The monoisotopic (exact) mass is 250 g/mol. The van der Waals surface area contributed by atoms with Crippen LogP contribution in [-0.2, 0) is 6.42 Å². The van der Waals surface area contributed by atoms with E-state index in [0.29, 0.717) is 13.1 Å². The Bertz CT molecular complexity index is 389. The Morgan fingerprint density at radius 3 is 2.67 bits per heavy atom. The van der Waals surface area contributed by atoms with Gasteiger partial charge >= 0.3 is 6.03 Å². The van der Waals surface area contributed by atoms with E-state index >= 15 is 0 Å². The molecule has 18 heavy (non-hydrogen) atoms. The van der Waals surface area contributed by atoms with E-state index < -0.39 is 0 Å². The highest BCUT2D eigenvalue weighted by molar-refractivity contribution is 5.73. The van der Waals surface area contributed by atoms with Crippen molar-refractivity contribution in [3.05, 3.63) is 48.3 Å². The second kappa shape index (κ2) is 7.48. The van der Waals surface area contributed by atoms with Gasteiger partial charge in [-0.3, -0.25) is 0 Å². The first kappa shape index (κ1) is 14.2. The molecule has 98 valence electrons. The van der Waals surface area contributed by atoms with E-state index in [1.165, 1.54) is 12.1 Å². The Labute approximate surface area is 107 Å². The van der Waals surface area contributed by atoms with Crippen molar-refractivity contribution in [2.45, 2.75) is 12.8 Å². The summed E-state index contributed by atoms with van der Waals surface area (Å²) in [6.07, 6.45) is 3.37. The number of nitrogens with zero attached hydrogens (tertiary/aromatic N) is 1. The number of amides is 2. The predicted octanol–water partition coefficient (Wildman–Crippen LogP) is 2.59. The second-order valence-corrected chi connectivity index (χ2v) is 4.02. The van der Waals surface area contributed by atoms with Crippen LogP contribution < -0.4 is 5.32 Å². The predicted molar refractivity (Wildman–Crippen MR) is 70.9 cm³/mol. The molecule has 1 N–H and O–H groups in total. The van der Waals surface area contributed by atoms with Crippen LogP contribution in [0.3, 0.4) is 0 Å². The summed E-state index contributed by atoms with van der Waals surface area (Å²) in [5, 5.41) is 2.60. The lowest BCUT2D eigenvalue weighted by atomic mass is 10.1. The van der Waals surface area contributed by atoms with Crippen LogP contribution in [0.2, 0.25) is 0 Å². The second-order valence-electron chi connectivity index (χ2n) is 4.02. The van der Waals surface area contributed by atoms with Crippen LogP contribution in [0.4, 0.5) is 9.18 Å². The average Bonchev–Trinajstić information content (AvgIpc) is 2.39. The van der Waals surface area contributed by atoms with E-state index in [9.17, 15) is 9.18 Å². The van der Waals surface area contributed by atoms with Crippen LogP contribution in [0.1, 0.15) is 12.0 Å². The zero-order valence-corrected chi connectivity index (χ0v) is 10.7. The van der Waals surface area contributed by atoms with Gasteiger partial charge in [0.1, 0.15) is 5.82 Å². The van der Waals surface area contributed by atoms with Crippen LogP contribution in [0.5, 0.6) is 0 Å². The van der Waals surface area contributed by atoms with Gasteiger partial charge in [-0.2, -0.15) is 0 Å². The molecule has 0 spiro atoms. The highest BCUT2D eigenvalue weighted by Gasteiger charge is 2.08. The van der Waals surface area contributed by atoms with Gasteiger partial charge in [0.25, 0.3) is 0 Å². The first-order chi connectivity index (χ1) is 8.67. The number of carbonyl (C=O) groups excluding carboxylic acids is 1. The third-order valence-corrected chi connectivity index (χ3v) is 2.66. The number of aryl methyl sites for hydroxylation is 1. The van der Waals surface area contributed by atoms with Crippen LogP contribution in [0, 0.1) is 5.82 Å². The Morgan fingerprint density at radius 1 is 1.44 bits per heavy atom. The van der Waals surface area contributed by atoms with Gasteiger partial charge in [0.15, 0.2) is 0 Å². The first-order valence-electron chi connectivity index (χ1n) is 5.99. The lowest BCUT2D eigenvalue weighted by Crippen LogP contribution is -2.38. The Balaban J connectivity index is 2.40. The molecule has 0 saturated heterocycles. The van der Waals surface area contributed by atoms with E-state index in [1.54, 1.807) is 30.2 Å². The molecule has 0 heterocycles. The van der Waals surface area contributed by atoms with Gasteiger partial charge in [-0.25, -0.2) is 9.18 Å². The summed E-state index contributed by atoms with van der Waals surface area (Å²) in [6.45, 7) is 4.82. The molecule has 0 bridgehead atoms. The molecule has 4 heteroatoms. The number of hydrogen-bond donors (Lipinski definition) is 1. The molecule has 0 saturated carbocycles. The van der Waals surface area contributed by atoms with Gasteiger partial charge < -0.3 is 10.2 Å². The third-order valence-electron chi connectivity index (χ3n) is 2.66. The minimum atomic E-state index is -0.225. The minimum absolute atomic E-state index is 0.103. The Morgan fingerprint density at radius 2 is 2.11 bits per heavy atom. The van der Waals surface area contributed by atoms with Crippen LogP contribution in [0.15, 0.2) is 36.9 Å². The van der Waals surface area contributed by atoms with Crippen molar-refractivity contribution in [2.75, 3.05) is 20.1 Å². The van der Waals surface area contributed by atoms with E-state index in [-0.39, 0.29) is 11.8 Å². The van der Waals surface area contributed by atoms with Gasteiger partial charge in [-0.05, 0) is 30.5 Å². The fraction of sp³-hybridized carbons (Fsp3) is 0.357. The van der Waals surface area contributed by atoms with Crippen molar-refractivity contribution < 1.29 is 9.18 Å². The Hall–Kier alpha value is -1.84.